The predicted octanol–water partition coefficient (Wildman–Crippen LogP) is 2.05. The second kappa shape index (κ2) is 8.63. The second-order valence-corrected chi connectivity index (χ2v) is 11.4. The van der Waals surface area contributed by atoms with Crippen LogP contribution in [0.1, 0.15) is 15.9 Å². The van der Waals surface area contributed by atoms with E-state index < -0.39 is 83.6 Å². The molecule has 0 spiro atoms. The van der Waals surface area contributed by atoms with Crippen molar-refractivity contribution in [3.05, 3.63) is 63.7 Å². The third-order valence-electron chi connectivity index (χ3n) is 4.68. The Morgan fingerprint density at radius 2 is 1.40 bits per heavy atom. The summed E-state index contributed by atoms with van der Waals surface area (Å²) < 4.78 is 99.2. The second-order valence-electron chi connectivity index (χ2n) is 7.15. The molecule has 3 aromatic rings. The zero-order valence-corrected chi connectivity index (χ0v) is 19.7. The topological polar surface area (TPSA) is 235 Å². The SMILES string of the molecule is Cc1ccc([N+](=O)[O-])c(C(=O)Nc2cc(S(=O)(=O)O)cc3cc(S(=O)(=O)O)cc(S(=O)(=O)O)c23)c1. The number of benzene rings is 3. The van der Waals surface area contributed by atoms with Crippen molar-refractivity contribution in [2.75, 3.05) is 5.32 Å². The van der Waals surface area contributed by atoms with Crippen LogP contribution in [0.3, 0.4) is 0 Å². The minimum absolute atomic E-state index is 0.352. The van der Waals surface area contributed by atoms with Crippen molar-refractivity contribution in [3.8, 4) is 0 Å². The molecular weight excluding hydrogens is 532 g/mol. The Labute approximate surface area is 197 Å². The quantitative estimate of drug-likeness (QED) is 0.197. The molecule has 0 aromatic heterocycles. The van der Waals surface area contributed by atoms with Crippen molar-refractivity contribution in [2.45, 2.75) is 21.6 Å². The van der Waals surface area contributed by atoms with Gasteiger partial charge in [-0.05, 0) is 48.2 Å². The van der Waals surface area contributed by atoms with E-state index in [0.717, 1.165) is 12.1 Å². The van der Waals surface area contributed by atoms with E-state index in [4.69, 9.17) is 0 Å². The van der Waals surface area contributed by atoms with E-state index in [0.29, 0.717) is 29.8 Å². The van der Waals surface area contributed by atoms with Gasteiger partial charge >= 0.3 is 0 Å². The number of nitrogens with one attached hydrogen (secondary N) is 1. The van der Waals surface area contributed by atoms with E-state index >= 15 is 0 Å². The number of fused-ring (bicyclic) bond motifs is 1. The number of nitrogens with zero attached hydrogens (tertiary/aromatic N) is 1. The Hall–Kier alpha value is -3.48. The summed E-state index contributed by atoms with van der Waals surface area (Å²) in [4.78, 5) is 20.2. The molecule has 0 aliphatic heterocycles. The van der Waals surface area contributed by atoms with Crippen LogP contribution in [0.15, 0.2) is 57.2 Å². The van der Waals surface area contributed by atoms with Gasteiger partial charge in [0.15, 0.2) is 0 Å². The zero-order chi connectivity index (χ0) is 26.5. The number of hydrogen-bond donors (Lipinski definition) is 4. The molecule has 14 nitrogen and oxygen atoms in total. The van der Waals surface area contributed by atoms with Crippen LogP contribution in [0, 0.1) is 17.0 Å². The highest BCUT2D eigenvalue weighted by Crippen LogP contribution is 2.36. The summed E-state index contributed by atoms with van der Waals surface area (Å²) in [5, 5.41) is 12.3. The van der Waals surface area contributed by atoms with Crippen molar-refractivity contribution in [3.63, 3.8) is 0 Å². The van der Waals surface area contributed by atoms with Crippen LogP contribution < -0.4 is 5.32 Å². The minimum atomic E-state index is -5.26. The molecule has 0 saturated heterocycles. The number of nitro benzene ring substituents is 1. The van der Waals surface area contributed by atoms with Crippen LogP contribution in [-0.4, -0.2) is 49.7 Å². The van der Waals surface area contributed by atoms with Gasteiger partial charge in [0.05, 0.1) is 20.4 Å². The Morgan fingerprint density at radius 3 is 1.89 bits per heavy atom. The van der Waals surface area contributed by atoms with Crippen LogP contribution in [0.4, 0.5) is 11.4 Å². The average molecular weight is 547 g/mol. The van der Waals surface area contributed by atoms with Crippen LogP contribution in [-0.2, 0) is 30.4 Å². The van der Waals surface area contributed by atoms with Gasteiger partial charge in [-0.15, -0.1) is 0 Å². The van der Waals surface area contributed by atoms with Gasteiger partial charge in [0.25, 0.3) is 41.9 Å². The van der Waals surface area contributed by atoms with E-state index in [1.165, 1.54) is 13.0 Å². The molecule has 186 valence electrons. The molecule has 0 unspecified atom stereocenters. The Balaban J connectivity index is 2.42. The van der Waals surface area contributed by atoms with Crippen LogP contribution in [0.5, 0.6) is 0 Å². The van der Waals surface area contributed by atoms with Gasteiger partial charge in [0.2, 0.25) is 0 Å². The number of nitro groups is 1. The molecule has 4 N–H and O–H groups in total. The monoisotopic (exact) mass is 546 g/mol. The van der Waals surface area contributed by atoms with Gasteiger partial charge in [-0.25, -0.2) is 0 Å². The first kappa shape index (κ1) is 26.1. The molecule has 0 bridgehead atoms. The smallest absolute Gasteiger partial charge is 0.295 e. The summed E-state index contributed by atoms with van der Waals surface area (Å²) in [7, 11) is -15.4. The van der Waals surface area contributed by atoms with E-state index in [9.17, 15) is 53.8 Å². The summed E-state index contributed by atoms with van der Waals surface area (Å²) >= 11 is 0. The number of carbonyl (C=O) groups is 1. The largest absolute Gasteiger partial charge is 0.321 e. The maximum absolute atomic E-state index is 12.9. The maximum Gasteiger partial charge on any atom is 0.295 e. The van der Waals surface area contributed by atoms with Gasteiger partial charge in [-0.1, -0.05) is 6.07 Å². The third-order valence-corrected chi connectivity index (χ3v) is 7.22. The highest BCUT2D eigenvalue weighted by molar-refractivity contribution is 7.87. The van der Waals surface area contributed by atoms with Gasteiger partial charge < -0.3 is 5.32 Å². The van der Waals surface area contributed by atoms with Crippen molar-refractivity contribution in [2.24, 2.45) is 0 Å². The highest BCUT2D eigenvalue weighted by atomic mass is 32.2. The van der Waals surface area contributed by atoms with Gasteiger partial charge in [0.1, 0.15) is 10.5 Å². The van der Waals surface area contributed by atoms with Crippen LogP contribution in [0.25, 0.3) is 10.8 Å². The summed E-state index contributed by atoms with van der Waals surface area (Å²) in [6.07, 6.45) is 0. The Bertz CT molecular complexity index is 1740. The molecule has 3 rings (SSSR count). The fourth-order valence-corrected chi connectivity index (χ4v) is 5.12. The van der Waals surface area contributed by atoms with Gasteiger partial charge in [-0.2, -0.15) is 25.3 Å². The molecule has 0 atom stereocenters. The van der Waals surface area contributed by atoms with Crippen LogP contribution in [0.2, 0.25) is 0 Å². The fraction of sp³-hybridized carbons (Fsp3) is 0.0556. The zero-order valence-electron chi connectivity index (χ0n) is 17.2. The van der Waals surface area contributed by atoms with Crippen LogP contribution >= 0.6 is 0 Å². The minimum Gasteiger partial charge on any atom is -0.321 e. The summed E-state index contributed by atoms with van der Waals surface area (Å²) in [6.45, 7) is 1.52. The average Bonchev–Trinajstić information content (AvgIpc) is 2.70. The molecule has 0 saturated carbocycles. The third kappa shape index (κ3) is 5.45. The first-order valence-electron chi connectivity index (χ1n) is 9.00. The number of anilines is 1. The lowest BCUT2D eigenvalue weighted by molar-refractivity contribution is -0.385. The molecule has 0 heterocycles. The molecule has 0 aliphatic carbocycles. The molecular formula is C18H14N2O12S3. The molecule has 3 aromatic carbocycles. The Morgan fingerprint density at radius 1 is 0.857 bits per heavy atom. The molecule has 0 aliphatic rings. The summed E-state index contributed by atoms with van der Waals surface area (Å²) in [5.41, 5.74) is -1.39. The fourth-order valence-electron chi connectivity index (χ4n) is 3.20. The Kier molecular flexibility index (Phi) is 6.44. The summed E-state index contributed by atoms with van der Waals surface area (Å²) in [6, 6.07) is 5.69. The lowest BCUT2D eigenvalue weighted by Crippen LogP contribution is -2.16. The van der Waals surface area contributed by atoms with E-state index in [-0.39, 0.29) is 0 Å². The lowest BCUT2D eigenvalue weighted by atomic mass is 10.1. The van der Waals surface area contributed by atoms with Crippen molar-refractivity contribution in [1.82, 2.24) is 0 Å². The van der Waals surface area contributed by atoms with E-state index in [1.54, 1.807) is 0 Å². The van der Waals surface area contributed by atoms with E-state index in [2.05, 4.69) is 5.32 Å². The van der Waals surface area contributed by atoms with Gasteiger partial charge in [-0.3, -0.25) is 28.6 Å². The number of carbonyl (C=O) groups excluding carboxylic acids is 1. The number of amides is 1. The van der Waals surface area contributed by atoms with Crippen molar-refractivity contribution < 1.29 is 48.6 Å². The van der Waals surface area contributed by atoms with E-state index in [1.807, 2.05) is 0 Å². The first-order chi connectivity index (χ1) is 15.9. The number of rotatable bonds is 6. The predicted molar refractivity (Wildman–Crippen MR) is 119 cm³/mol. The molecule has 0 radical (unpaired) electrons. The maximum atomic E-state index is 12.9. The molecule has 1 amide bonds. The molecule has 0 fully saturated rings. The van der Waals surface area contributed by atoms with Crippen molar-refractivity contribution in [1.29, 1.82) is 0 Å². The lowest BCUT2D eigenvalue weighted by Gasteiger charge is -2.15. The normalized spacial score (nSPS) is 12.5. The molecule has 35 heavy (non-hydrogen) atoms. The standard InChI is InChI=1S/C18H14N2O12S3/c1-9-2-3-15(20(22)23)13(4-9)18(21)19-14-7-11(33(24,25)26)5-10-6-12(34(27,28)29)8-16(17(10)14)35(30,31)32/h2-8H,1H3,(H,19,21)(H,24,25,26)(H,27,28,29)(H,30,31,32). The highest BCUT2D eigenvalue weighted by Gasteiger charge is 2.27. The summed E-state index contributed by atoms with van der Waals surface area (Å²) in [5.74, 6) is -1.20. The van der Waals surface area contributed by atoms with Crippen molar-refractivity contribution >= 4 is 58.4 Å². The molecule has 17 heteroatoms. The number of hydrogen-bond acceptors (Lipinski definition) is 9. The number of aryl methyl sites for hydroxylation is 1. The van der Waals surface area contributed by atoms with Gasteiger partial charge in [0, 0.05) is 11.5 Å². The first-order valence-corrected chi connectivity index (χ1v) is 13.3.